The lowest BCUT2D eigenvalue weighted by molar-refractivity contribution is -0.00578. The number of unbranched alkanes of at least 4 members (excludes halogenated alkanes) is 1. The highest BCUT2D eigenvalue weighted by Crippen LogP contribution is 2.36. The van der Waals surface area contributed by atoms with Crippen LogP contribution >= 0.6 is 0 Å². The number of ether oxygens (including phenoxy) is 1. The van der Waals surface area contributed by atoms with Gasteiger partial charge in [-0.05, 0) is 26.3 Å². The van der Waals surface area contributed by atoms with E-state index >= 15 is 0 Å². The smallest absolute Gasteiger partial charge is 0.0748 e. The highest BCUT2D eigenvalue weighted by atomic mass is 16.5. The van der Waals surface area contributed by atoms with Crippen LogP contribution in [0.2, 0.25) is 0 Å². The predicted molar refractivity (Wildman–Crippen MR) is 49.2 cm³/mol. The molecule has 1 saturated heterocycles. The molecule has 2 rings (SSSR count). The van der Waals surface area contributed by atoms with E-state index in [1.165, 1.54) is 25.8 Å². The van der Waals surface area contributed by atoms with Crippen LogP contribution in [0.15, 0.2) is 0 Å². The molecule has 0 radical (unpaired) electrons. The molecule has 1 aliphatic carbocycles. The average molecular weight is 169 g/mol. The van der Waals surface area contributed by atoms with Crippen LogP contribution in [0.25, 0.3) is 0 Å². The normalized spacial score (nSPS) is 41.0. The molecule has 2 nitrogen and oxygen atoms in total. The lowest BCUT2D eigenvalue weighted by Crippen LogP contribution is -2.44. The summed E-state index contributed by atoms with van der Waals surface area (Å²) < 4.78 is 5.63. The summed E-state index contributed by atoms with van der Waals surface area (Å²) in [6, 6.07) is 1.43. The third-order valence-corrected chi connectivity index (χ3v) is 3.01. The number of nitrogens with zero attached hydrogens (tertiary/aromatic N) is 1. The van der Waals surface area contributed by atoms with E-state index in [1.54, 1.807) is 0 Å². The van der Waals surface area contributed by atoms with Gasteiger partial charge in [-0.3, -0.25) is 4.90 Å². The van der Waals surface area contributed by atoms with E-state index in [-0.39, 0.29) is 0 Å². The third kappa shape index (κ3) is 1.50. The number of hydrogen-bond acceptors (Lipinski definition) is 2. The minimum Gasteiger partial charge on any atom is -0.375 e. The molecule has 2 heteroatoms. The summed E-state index contributed by atoms with van der Waals surface area (Å²) >= 11 is 0. The van der Waals surface area contributed by atoms with E-state index in [0.717, 1.165) is 12.6 Å². The molecule has 2 fully saturated rings. The first-order valence-corrected chi connectivity index (χ1v) is 5.20. The van der Waals surface area contributed by atoms with Gasteiger partial charge >= 0.3 is 0 Å². The first kappa shape index (κ1) is 8.52. The van der Waals surface area contributed by atoms with Crippen molar-refractivity contribution in [2.45, 2.75) is 51.3 Å². The molecule has 1 aliphatic heterocycles. The van der Waals surface area contributed by atoms with Crippen LogP contribution in [0, 0.1) is 0 Å². The van der Waals surface area contributed by atoms with Gasteiger partial charge in [-0.2, -0.15) is 0 Å². The summed E-state index contributed by atoms with van der Waals surface area (Å²) in [6.45, 7) is 6.77. The minimum atomic E-state index is 0.595. The van der Waals surface area contributed by atoms with E-state index < -0.39 is 0 Å². The van der Waals surface area contributed by atoms with Crippen LogP contribution in [0.4, 0.5) is 0 Å². The quantitative estimate of drug-likeness (QED) is 0.637. The van der Waals surface area contributed by atoms with Gasteiger partial charge < -0.3 is 4.74 Å². The third-order valence-electron chi connectivity index (χ3n) is 3.01. The van der Waals surface area contributed by atoms with Crippen LogP contribution in [0.5, 0.6) is 0 Å². The van der Waals surface area contributed by atoms with Crippen molar-refractivity contribution in [1.29, 1.82) is 0 Å². The van der Waals surface area contributed by atoms with Gasteiger partial charge in [-0.1, -0.05) is 13.3 Å². The Hall–Kier alpha value is -0.0800. The summed E-state index contributed by atoms with van der Waals surface area (Å²) in [5.41, 5.74) is 0. The van der Waals surface area contributed by atoms with Gasteiger partial charge in [0.1, 0.15) is 0 Å². The van der Waals surface area contributed by atoms with Crippen LogP contribution in [-0.2, 0) is 4.74 Å². The van der Waals surface area contributed by atoms with Crippen molar-refractivity contribution in [3.63, 3.8) is 0 Å². The van der Waals surface area contributed by atoms with E-state index in [0.29, 0.717) is 12.1 Å². The minimum absolute atomic E-state index is 0.595. The Labute approximate surface area is 74.9 Å². The molecule has 3 unspecified atom stereocenters. The molecule has 0 aromatic carbocycles. The molecule has 1 heterocycles. The van der Waals surface area contributed by atoms with Gasteiger partial charge in [-0.25, -0.2) is 0 Å². The number of rotatable bonds is 3. The second kappa shape index (κ2) is 3.35. The summed E-state index contributed by atoms with van der Waals surface area (Å²) in [5.74, 6) is 0. The highest BCUT2D eigenvalue weighted by Gasteiger charge is 2.47. The maximum absolute atomic E-state index is 5.63. The second-order valence-electron chi connectivity index (χ2n) is 4.12. The Bertz CT molecular complexity index is 158. The zero-order valence-corrected chi connectivity index (χ0v) is 8.12. The average Bonchev–Trinajstić information content (AvgIpc) is 2.82. The lowest BCUT2D eigenvalue weighted by atomic mass is 10.2. The Morgan fingerprint density at radius 1 is 1.50 bits per heavy atom. The van der Waals surface area contributed by atoms with Crippen LogP contribution in [-0.4, -0.2) is 36.2 Å². The van der Waals surface area contributed by atoms with Crippen molar-refractivity contribution in [3.05, 3.63) is 0 Å². The van der Waals surface area contributed by atoms with Crippen LogP contribution in [0.3, 0.4) is 0 Å². The molecule has 3 atom stereocenters. The molecule has 1 saturated carbocycles. The number of hydrogen-bond donors (Lipinski definition) is 0. The molecule has 2 aliphatic rings. The summed E-state index contributed by atoms with van der Waals surface area (Å²) in [5, 5.41) is 0. The molecule has 0 aromatic rings. The number of morpholine rings is 1. The van der Waals surface area contributed by atoms with Gasteiger partial charge in [0.2, 0.25) is 0 Å². The molecule has 70 valence electrons. The standard InChI is InChI=1S/C10H19NO/c1-3-4-5-11-8(2)7-12-10-6-9(10)11/h8-10H,3-7H2,1-2H3. The monoisotopic (exact) mass is 169 g/mol. The van der Waals surface area contributed by atoms with Crippen molar-refractivity contribution >= 4 is 0 Å². The summed E-state index contributed by atoms with van der Waals surface area (Å²) in [7, 11) is 0. The van der Waals surface area contributed by atoms with Crippen molar-refractivity contribution in [2.24, 2.45) is 0 Å². The first-order valence-electron chi connectivity index (χ1n) is 5.20. The number of fused-ring (bicyclic) bond motifs is 1. The van der Waals surface area contributed by atoms with Gasteiger partial charge in [0.15, 0.2) is 0 Å². The second-order valence-corrected chi connectivity index (χ2v) is 4.12. The Morgan fingerprint density at radius 2 is 2.33 bits per heavy atom. The Kier molecular flexibility index (Phi) is 2.37. The predicted octanol–water partition coefficient (Wildman–Crippen LogP) is 1.65. The lowest BCUT2D eigenvalue weighted by Gasteiger charge is -2.32. The van der Waals surface area contributed by atoms with E-state index in [1.807, 2.05) is 0 Å². The van der Waals surface area contributed by atoms with Crippen molar-refractivity contribution in [2.75, 3.05) is 13.2 Å². The molecule has 0 bridgehead atoms. The molecular formula is C10H19NO. The van der Waals surface area contributed by atoms with Crippen LogP contribution < -0.4 is 0 Å². The van der Waals surface area contributed by atoms with Gasteiger partial charge in [-0.15, -0.1) is 0 Å². The van der Waals surface area contributed by atoms with Gasteiger partial charge in [0.25, 0.3) is 0 Å². The molecule has 0 spiro atoms. The zero-order valence-electron chi connectivity index (χ0n) is 8.12. The van der Waals surface area contributed by atoms with Gasteiger partial charge in [0, 0.05) is 12.1 Å². The van der Waals surface area contributed by atoms with Crippen molar-refractivity contribution in [1.82, 2.24) is 4.90 Å². The van der Waals surface area contributed by atoms with Crippen molar-refractivity contribution in [3.8, 4) is 0 Å². The largest absolute Gasteiger partial charge is 0.375 e. The maximum Gasteiger partial charge on any atom is 0.0748 e. The molecule has 12 heavy (non-hydrogen) atoms. The molecule has 0 aromatic heterocycles. The highest BCUT2D eigenvalue weighted by molar-refractivity contribution is 5.01. The topological polar surface area (TPSA) is 12.5 Å². The molecular weight excluding hydrogens is 150 g/mol. The Balaban J connectivity index is 1.84. The molecule has 0 N–H and O–H groups in total. The van der Waals surface area contributed by atoms with E-state index in [4.69, 9.17) is 4.74 Å². The fourth-order valence-corrected chi connectivity index (χ4v) is 2.10. The Morgan fingerprint density at radius 3 is 3.08 bits per heavy atom. The fourth-order valence-electron chi connectivity index (χ4n) is 2.10. The first-order chi connectivity index (χ1) is 5.83. The van der Waals surface area contributed by atoms with E-state index in [2.05, 4.69) is 18.7 Å². The molecule has 0 amide bonds. The maximum atomic E-state index is 5.63. The SMILES string of the molecule is CCCCN1C(C)COC2CC21. The summed E-state index contributed by atoms with van der Waals surface area (Å²) in [4.78, 5) is 2.64. The zero-order chi connectivity index (χ0) is 8.55. The van der Waals surface area contributed by atoms with Gasteiger partial charge in [0.05, 0.1) is 12.7 Å². The van der Waals surface area contributed by atoms with Crippen LogP contribution in [0.1, 0.15) is 33.1 Å². The fraction of sp³-hybridized carbons (Fsp3) is 1.00. The summed E-state index contributed by atoms with van der Waals surface area (Å²) in [6.07, 6.45) is 4.53. The van der Waals surface area contributed by atoms with Crippen molar-refractivity contribution < 1.29 is 4.74 Å². The van der Waals surface area contributed by atoms with E-state index in [9.17, 15) is 0 Å².